The van der Waals surface area contributed by atoms with Crippen LogP contribution in [0.15, 0.2) is 43.2 Å². The van der Waals surface area contributed by atoms with Crippen LogP contribution in [0, 0.1) is 0 Å². The Morgan fingerprint density at radius 3 is 2.89 bits per heavy atom. The third-order valence-corrected chi connectivity index (χ3v) is 2.71. The van der Waals surface area contributed by atoms with E-state index in [1.165, 1.54) is 0 Å². The lowest BCUT2D eigenvalue weighted by molar-refractivity contribution is 0.1000. The monoisotopic (exact) mass is 256 g/mol. The molecule has 1 amide bonds. The number of benzene rings is 1. The van der Waals surface area contributed by atoms with Crippen molar-refractivity contribution < 1.29 is 4.79 Å². The normalized spacial score (nSPS) is 10.3. The van der Waals surface area contributed by atoms with Gasteiger partial charge in [0.15, 0.2) is 0 Å². The van der Waals surface area contributed by atoms with Gasteiger partial charge in [-0.05, 0) is 17.7 Å². The number of nitrogens with zero attached hydrogens (tertiary/aromatic N) is 2. The van der Waals surface area contributed by atoms with Crippen molar-refractivity contribution in [2.45, 2.75) is 13.1 Å². The van der Waals surface area contributed by atoms with Gasteiger partial charge in [-0.1, -0.05) is 18.7 Å². The summed E-state index contributed by atoms with van der Waals surface area (Å²) in [6.07, 6.45) is 5.33. The van der Waals surface area contributed by atoms with Gasteiger partial charge >= 0.3 is 0 Å². The summed E-state index contributed by atoms with van der Waals surface area (Å²) in [6, 6.07) is 7.28. The van der Waals surface area contributed by atoms with Gasteiger partial charge in [-0.3, -0.25) is 4.79 Å². The van der Waals surface area contributed by atoms with Crippen LogP contribution in [0.4, 0.5) is 0 Å². The summed E-state index contributed by atoms with van der Waals surface area (Å²) >= 11 is 0. The van der Waals surface area contributed by atoms with Gasteiger partial charge in [0.05, 0.1) is 6.20 Å². The molecule has 0 aliphatic carbocycles. The Bertz CT molecular complexity index is 589. The van der Waals surface area contributed by atoms with Crippen LogP contribution in [0.25, 0.3) is 6.20 Å². The second-order valence-corrected chi connectivity index (χ2v) is 4.18. The first-order chi connectivity index (χ1) is 9.19. The average molecular weight is 256 g/mol. The van der Waals surface area contributed by atoms with Gasteiger partial charge in [0, 0.05) is 36.6 Å². The Kier molecular flexibility index (Phi) is 4.10. The number of amides is 1. The van der Waals surface area contributed by atoms with Crippen molar-refractivity contribution in [2.75, 3.05) is 0 Å². The number of nitrogens with two attached hydrogens (primary N) is 1. The van der Waals surface area contributed by atoms with Crippen molar-refractivity contribution in [1.82, 2.24) is 15.1 Å². The van der Waals surface area contributed by atoms with Crippen LogP contribution in [0.3, 0.4) is 0 Å². The number of hydrogen-bond donors (Lipinski definition) is 2. The summed E-state index contributed by atoms with van der Waals surface area (Å²) < 4.78 is 1.66. The van der Waals surface area contributed by atoms with Crippen LogP contribution >= 0.6 is 0 Å². The van der Waals surface area contributed by atoms with E-state index in [0.29, 0.717) is 18.7 Å². The molecule has 0 unspecified atom stereocenters. The van der Waals surface area contributed by atoms with E-state index in [9.17, 15) is 4.79 Å². The first kappa shape index (κ1) is 13.0. The van der Waals surface area contributed by atoms with E-state index >= 15 is 0 Å². The van der Waals surface area contributed by atoms with Crippen LogP contribution in [-0.2, 0) is 13.1 Å². The maximum absolute atomic E-state index is 11.1. The standard InChI is InChI=1S/C14H16N4O/c1-2-18-10-12(9-17-18)8-16-7-11-4-3-5-13(6-11)14(15)19/h2-6,9-10,16H,1,7-8H2,(H2,15,19). The molecule has 0 saturated heterocycles. The molecule has 5 nitrogen and oxygen atoms in total. The lowest BCUT2D eigenvalue weighted by atomic mass is 10.1. The molecule has 0 atom stereocenters. The lowest BCUT2D eigenvalue weighted by Crippen LogP contribution is -2.14. The van der Waals surface area contributed by atoms with Crippen LogP contribution < -0.4 is 11.1 Å². The summed E-state index contributed by atoms with van der Waals surface area (Å²) in [7, 11) is 0. The summed E-state index contributed by atoms with van der Waals surface area (Å²) in [6.45, 7) is 5.00. The molecule has 19 heavy (non-hydrogen) atoms. The third kappa shape index (κ3) is 3.53. The van der Waals surface area contributed by atoms with E-state index in [1.54, 1.807) is 29.2 Å². The minimum Gasteiger partial charge on any atom is -0.366 e. The number of hydrogen-bond acceptors (Lipinski definition) is 3. The van der Waals surface area contributed by atoms with Crippen molar-refractivity contribution >= 4 is 12.1 Å². The van der Waals surface area contributed by atoms with Crippen molar-refractivity contribution in [3.63, 3.8) is 0 Å². The molecule has 0 spiro atoms. The topological polar surface area (TPSA) is 72.9 Å². The van der Waals surface area contributed by atoms with Crippen molar-refractivity contribution in [2.24, 2.45) is 5.73 Å². The molecule has 0 aliphatic rings. The minimum absolute atomic E-state index is 0.408. The largest absolute Gasteiger partial charge is 0.366 e. The van der Waals surface area contributed by atoms with Crippen molar-refractivity contribution in [3.8, 4) is 0 Å². The van der Waals surface area contributed by atoms with Crippen molar-refractivity contribution in [3.05, 3.63) is 59.9 Å². The summed E-state index contributed by atoms with van der Waals surface area (Å²) in [5, 5.41) is 7.38. The molecule has 5 heteroatoms. The van der Waals surface area contributed by atoms with Gasteiger partial charge in [0.2, 0.25) is 5.91 Å². The first-order valence-electron chi connectivity index (χ1n) is 5.94. The van der Waals surface area contributed by atoms with E-state index < -0.39 is 5.91 Å². The fourth-order valence-electron chi connectivity index (χ4n) is 1.75. The van der Waals surface area contributed by atoms with Crippen molar-refractivity contribution in [1.29, 1.82) is 0 Å². The van der Waals surface area contributed by atoms with E-state index in [-0.39, 0.29) is 0 Å². The SMILES string of the molecule is C=Cn1cc(CNCc2cccc(C(N)=O)c2)cn1. The Labute approximate surface area is 111 Å². The summed E-state index contributed by atoms with van der Waals surface area (Å²) in [4.78, 5) is 11.1. The average Bonchev–Trinajstić information content (AvgIpc) is 2.87. The zero-order valence-electron chi connectivity index (χ0n) is 10.5. The third-order valence-electron chi connectivity index (χ3n) is 2.71. The van der Waals surface area contributed by atoms with Crippen LogP contribution in [0.2, 0.25) is 0 Å². The number of rotatable bonds is 6. The van der Waals surface area contributed by atoms with Crippen LogP contribution in [0.5, 0.6) is 0 Å². The molecular weight excluding hydrogens is 240 g/mol. The van der Waals surface area contributed by atoms with Crippen LogP contribution in [0.1, 0.15) is 21.5 Å². The number of nitrogens with one attached hydrogen (secondary N) is 1. The Balaban J connectivity index is 1.90. The van der Waals surface area contributed by atoms with E-state index in [1.807, 2.05) is 18.3 Å². The minimum atomic E-state index is -0.408. The fourth-order valence-corrected chi connectivity index (χ4v) is 1.75. The molecular formula is C14H16N4O. The zero-order valence-corrected chi connectivity index (χ0v) is 10.5. The molecule has 2 aromatic rings. The maximum Gasteiger partial charge on any atom is 0.248 e. The maximum atomic E-state index is 11.1. The number of aromatic nitrogens is 2. The number of primary amides is 1. The smallest absolute Gasteiger partial charge is 0.248 e. The predicted molar refractivity (Wildman–Crippen MR) is 74.1 cm³/mol. The molecule has 1 aromatic heterocycles. The summed E-state index contributed by atoms with van der Waals surface area (Å²) in [5.74, 6) is -0.408. The molecule has 0 fully saturated rings. The van der Waals surface area contributed by atoms with Crippen LogP contribution in [-0.4, -0.2) is 15.7 Å². The number of carbonyl (C=O) groups excluding carboxylic acids is 1. The molecule has 0 radical (unpaired) electrons. The Morgan fingerprint density at radius 1 is 1.42 bits per heavy atom. The van der Waals surface area contributed by atoms with Gasteiger partial charge in [-0.15, -0.1) is 0 Å². The van der Waals surface area contributed by atoms with Gasteiger partial charge in [-0.25, -0.2) is 4.68 Å². The highest BCUT2D eigenvalue weighted by molar-refractivity contribution is 5.92. The summed E-state index contributed by atoms with van der Waals surface area (Å²) in [5.41, 5.74) is 7.86. The highest BCUT2D eigenvalue weighted by Crippen LogP contribution is 2.05. The highest BCUT2D eigenvalue weighted by atomic mass is 16.1. The Hall–Kier alpha value is -2.40. The molecule has 98 valence electrons. The Morgan fingerprint density at radius 2 is 2.21 bits per heavy atom. The lowest BCUT2D eigenvalue weighted by Gasteiger charge is -2.04. The first-order valence-corrected chi connectivity index (χ1v) is 5.94. The molecule has 3 N–H and O–H groups in total. The predicted octanol–water partition coefficient (Wildman–Crippen LogP) is 1.37. The molecule has 1 heterocycles. The van der Waals surface area contributed by atoms with Gasteiger partial charge < -0.3 is 11.1 Å². The highest BCUT2D eigenvalue weighted by Gasteiger charge is 2.01. The fraction of sp³-hybridized carbons (Fsp3) is 0.143. The van der Waals surface area contributed by atoms with E-state index in [4.69, 9.17) is 5.73 Å². The molecule has 2 rings (SSSR count). The second kappa shape index (κ2) is 5.97. The van der Waals surface area contributed by atoms with Gasteiger partial charge in [0.25, 0.3) is 0 Å². The second-order valence-electron chi connectivity index (χ2n) is 4.18. The quantitative estimate of drug-likeness (QED) is 0.820. The van der Waals surface area contributed by atoms with E-state index in [2.05, 4.69) is 17.0 Å². The van der Waals surface area contributed by atoms with Gasteiger partial charge in [-0.2, -0.15) is 5.10 Å². The molecule has 0 bridgehead atoms. The molecule has 1 aromatic carbocycles. The molecule has 0 aliphatic heterocycles. The van der Waals surface area contributed by atoms with E-state index in [0.717, 1.165) is 11.1 Å². The number of carbonyl (C=O) groups is 1. The van der Waals surface area contributed by atoms with Gasteiger partial charge in [0.1, 0.15) is 0 Å². The zero-order chi connectivity index (χ0) is 13.7. The molecule has 0 saturated carbocycles.